The van der Waals surface area contributed by atoms with Gasteiger partial charge in [-0.1, -0.05) is 0 Å². The Hall–Kier alpha value is -1.62. The molecule has 0 bridgehead atoms. The molecule has 0 saturated heterocycles. The fraction of sp³-hybridized carbons (Fsp3) is 0.400. The Morgan fingerprint density at radius 3 is 2.87 bits per heavy atom. The lowest BCUT2D eigenvalue weighted by molar-refractivity contribution is 0.0995. The minimum absolute atomic E-state index is 0.0241. The van der Waals surface area contributed by atoms with E-state index < -0.39 is 5.91 Å². The van der Waals surface area contributed by atoms with E-state index in [0.717, 1.165) is 18.5 Å². The predicted octanol–water partition coefficient (Wildman–Crippen LogP) is 0.0837. The second-order valence-electron chi connectivity index (χ2n) is 3.90. The van der Waals surface area contributed by atoms with Crippen LogP contribution in [0.15, 0.2) is 18.3 Å². The Kier molecular flexibility index (Phi) is 2.32. The molecule has 15 heavy (non-hydrogen) atoms. The molecule has 0 radical (unpaired) electrons. The van der Waals surface area contributed by atoms with Crippen LogP contribution in [0.5, 0.6) is 0 Å². The van der Waals surface area contributed by atoms with Crippen LogP contribution < -0.4 is 16.8 Å². The third-order valence-corrected chi connectivity index (χ3v) is 2.67. The van der Waals surface area contributed by atoms with Crippen molar-refractivity contribution >= 4 is 11.6 Å². The summed E-state index contributed by atoms with van der Waals surface area (Å²) in [6.07, 6.45) is 3.70. The van der Waals surface area contributed by atoms with Crippen LogP contribution in [0.4, 0.5) is 5.69 Å². The van der Waals surface area contributed by atoms with Crippen molar-refractivity contribution in [3.8, 4) is 0 Å². The molecular weight excluding hydrogens is 192 g/mol. The van der Waals surface area contributed by atoms with E-state index in [2.05, 4.69) is 10.3 Å². The number of carbonyl (C=O) groups excluding carboxylic acids is 1. The van der Waals surface area contributed by atoms with Crippen molar-refractivity contribution in [3.05, 3.63) is 24.0 Å². The summed E-state index contributed by atoms with van der Waals surface area (Å²) in [7, 11) is 0. The van der Waals surface area contributed by atoms with Gasteiger partial charge >= 0.3 is 0 Å². The topological polar surface area (TPSA) is 94.0 Å². The summed E-state index contributed by atoms with van der Waals surface area (Å²) in [4.78, 5) is 14.8. The van der Waals surface area contributed by atoms with Crippen LogP contribution in [0.1, 0.15) is 23.3 Å². The molecule has 0 atom stereocenters. The summed E-state index contributed by atoms with van der Waals surface area (Å²) in [5, 5.41) is 3.30. The molecule has 1 amide bonds. The molecule has 1 fully saturated rings. The van der Waals surface area contributed by atoms with Gasteiger partial charge in [0.05, 0.1) is 0 Å². The number of carbonyl (C=O) groups is 1. The van der Waals surface area contributed by atoms with Gasteiger partial charge in [0.1, 0.15) is 5.69 Å². The number of primary amides is 1. The van der Waals surface area contributed by atoms with Crippen LogP contribution in [-0.4, -0.2) is 23.0 Å². The Labute approximate surface area is 87.9 Å². The molecule has 1 saturated carbocycles. The van der Waals surface area contributed by atoms with Gasteiger partial charge < -0.3 is 16.8 Å². The van der Waals surface area contributed by atoms with Gasteiger partial charge in [0.2, 0.25) is 0 Å². The predicted molar refractivity (Wildman–Crippen MR) is 57.4 cm³/mol. The van der Waals surface area contributed by atoms with Gasteiger partial charge in [-0.15, -0.1) is 0 Å². The Morgan fingerprint density at radius 1 is 1.60 bits per heavy atom. The fourth-order valence-corrected chi connectivity index (χ4v) is 1.48. The maximum atomic E-state index is 10.9. The zero-order chi connectivity index (χ0) is 10.9. The van der Waals surface area contributed by atoms with E-state index in [-0.39, 0.29) is 11.2 Å². The smallest absolute Gasteiger partial charge is 0.267 e. The number of amides is 1. The highest BCUT2D eigenvalue weighted by atomic mass is 16.1. The SMILES string of the molecule is NCC1(Nc2ccnc(C(N)=O)c2)CC1. The summed E-state index contributed by atoms with van der Waals surface area (Å²) in [5.41, 5.74) is 11.9. The van der Waals surface area contributed by atoms with E-state index in [4.69, 9.17) is 11.5 Å². The molecule has 1 aliphatic rings. The molecule has 2 rings (SSSR count). The summed E-state index contributed by atoms with van der Waals surface area (Å²) in [6, 6.07) is 3.46. The van der Waals surface area contributed by atoms with Gasteiger partial charge in [-0.2, -0.15) is 0 Å². The van der Waals surface area contributed by atoms with Crippen LogP contribution in [0.3, 0.4) is 0 Å². The Morgan fingerprint density at radius 2 is 2.33 bits per heavy atom. The zero-order valence-electron chi connectivity index (χ0n) is 8.36. The standard InChI is InChI=1S/C10H14N4O/c11-6-10(2-3-10)14-7-1-4-13-8(5-7)9(12)15/h1,4-5H,2-3,6,11H2,(H2,12,15)(H,13,14). The van der Waals surface area contributed by atoms with Crippen molar-refractivity contribution in [1.82, 2.24) is 4.98 Å². The fourth-order valence-electron chi connectivity index (χ4n) is 1.48. The second kappa shape index (κ2) is 3.51. The van der Waals surface area contributed by atoms with Crippen LogP contribution in [0, 0.1) is 0 Å². The van der Waals surface area contributed by atoms with E-state index in [9.17, 15) is 4.79 Å². The summed E-state index contributed by atoms with van der Waals surface area (Å²) < 4.78 is 0. The van der Waals surface area contributed by atoms with Gasteiger partial charge in [0.25, 0.3) is 5.91 Å². The molecule has 5 N–H and O–H groups in total. The van der Waals surface area contributed by atoms with Crippen molar-refractivity contribution in [2.24, 2.45) is 11.5 Å². The quantitative estimate of drug-likeness (QED) is 0.650. The molecule has 1 aromatic heterocycles. The normalized spacial score (nSPS) is 17.1. The van der Waals surface area contributed by atoms with Crippen molar-refractivity contribution in [1.29, 1.82) is 0 Å². The van der Waals surface area contributed by atoms with E-state index in [1.165, 1.54) is 0 Å². The molecule has 1 aromatic rings. The third kappa shape index (κ3) is 2.07. The van der Waals surface area contributed by atoms with Gasteiger partial charge in [-0.3, -0.25) is 9.78 Å². The number of nitrogens with one attached hydrogen (secondary N) is 1. The molecule has 1 aliphatic carbocycles. The summed E-state index contributed by atoms with van der Waals surface area (Å²) in [5.74, 6) is -0.517. The van der Waals surface area contributed by atoms with Gasteiger partial charge in [0, 0.05) is 24.0 Å². The number of anilines is 1. The number of nitrogens with two attached hydrogens (primary N) is 2. The van der Waals surface area contributed by atoms with Gasteiger partial charge in [-0.05, 0) is 25.0 Å². The first-order valence-electron chi connectivity index (χ1n) is 4.89. The van der Waals surface area contributed by atoms with Crippen molar-refractivity contribution in [2.75, 3.05) is 11.9 Å². The highest BCUT2D eigenvalue weighted by Gasteiger charge is 2.41. The first-order valence-corrected chi connectivity index (χ1v) is 4.89. The first kappa shape index (κ1) is 9.92. The number of nitrogens with zero attached hydrogens (tertiary/aromatic N) is 1. The van der Waals surface area contributed by atoms with E-state index in [1.807, 2.05) is 6.07 Å². The number of hydrogen-bond acceptors (Lipinski definition) is 4. The summed E-state index contributed by atoms with van der Waals surface area (Å²) in [6.45, 7) is 0.598. The lowest BCUT2D eigenvalue weighted by atomic mass is 10.2. The van der Waals surface area contributed by atoms with Gasteiger partial charge in [-0.25, -0.2) is 0 Å². The molecule has 0 aromatic carbocycles. The molecule has 0 unspecified atom stereocenters. The largest absolute Gasteiger partial charge is 0.378 e. The van der Waals surface area contributed by atoms with Crippen molar-refractivity contribution < 1.29 is 4.79 Å². The minimum atomic E-state index is -0.517. The molecule has 80 valence electrons. The number of rotatable bonds is 4. The molecule has 5 nitrogen and oxygen atoms in total. The van der Waals surface area contributed by atoms with Crippen molar-refractivity contribution in [3.63, 3.8) is 0 Å². The van der Waals surface area contributed by atoms with Crippen LogP contribution >= 0.6 is 0 Å². The van der Waals surface area contributed by atoms with E-state index >= 15 is 0 Å². The highest BCUT2D eigenvalue weighted by Crippen LogP contribution is 2.37. The molecule has 5 heteroatoms. The lowest BCUT2D eigenvalue weighted by Crippen LogP contribution is -2.31. The second-order valence-corrected chi connectivity index (χ2v) is 3.90. The molecular formula is C10H14N4O. The van der Waals surface area contributed by atoms with E-state index in [1.54, 1.807) is 12.3 Å². The molecule has 0 aliphatic heterocycles. The summed E-state index contributed by atoms with van der Waals surface area (Å²) >= 11 is 0. The maximum Gasteiger partial charge on any atom is 0.267 e. The average Bonchev–Trinajstić information content (AvgIpc) is 2.99. The number of pyridine rings is 1. The number of aromatic nitrogens is 1. The zero-order valence-corrected chi connectivity index (χ0v) is 8.36. The molecule has 0 spiro atoms. The number of hydrogen-bond donors (Lipinski definition) is 3. The van der Waals surface area contributed by atoms with Crippen LogP contribution in [0.2, 0.25) is 0 Å². The highest BCUT2D eigenvalue weighted by molar-refractivity contribution is 5.91. The van der Waals surface area contributed by atoms with Crippen LogP contribution in [-0.2, 0) is 0 Å². The monoisotopic (exact) mass is 206 g/mol. The Bertz CT molecular complexity index is 387. The average molecular weight is 206 g/mol. The first-order chi connectivity index (χ1) is 7.15. The minimum Gasteiger partial charge on any atom is -0.378 e. The van der Waals surface area contributed by atoms with E-state index in [0.29, 0.717) is 6.54 Å². The third-order valence-electron chi connectivity index (χ3n) is 2.67. The molecule has 1 heterocycles. The van der Waals surface area contributed by atoms with Crippen molar-refractivity contribution in [2.45, 2.75) is 18.4 Å². The Balaban J connectivity index is 2.15. The van der Waals surface area contributed by atoms with Gasteiger partial charge in [0.15, 0.2) is 0 Å². The lowest BCUT2D eigenvalue weighted by Gasteiger charge is -2.16. The van der Waals surface area contributed by atoms with Crippen LogP contribution in [0.25, 0.3) is 0 Å². The maximum absolute atomic E-state index is 10.9.